The van der Waals surface area contributed by atoms with Crippen molar-refractivity contribution in [2.24, 2.45) is 0 Å². The summed E-state index contributed by atoms with van der Waals surface area (Å²) in [6.45, 7) is 0. The van der Waals surface area contributed by atoms with Crippen LogP contribution in [0.3, 0.4) is 0 Å². The highest BCUT2D eigenvalue weighted by Gasteiger charge is 2.08. The third kappa shape index (κ3) is 3.23. The van der Waals surface area contributed by atoms with Gasteiger partial charge in [0.1, 0.15) is 0 Å². The van der Waals surface area contributed by atoms with Gasteiger partial charge in [-0.25, -0.2) is 0 Å². The number of hydrogen-bond acceptors (Lipinski definition) is 5. The second-order valence-electron chi connectivity index (χ2n) is 4.73. The van der Waals surface area contributed by atoms with Crippen LogP contribution in [0.5, 0.6) is 11.5 Å². The Morgan fingerprint density at radius 1 is 0.870 bits per heavy atom. The minimum absolute atomic E-state index is 0.425. The molecule has 116 valence electrons. The van der Waals surface area contributed by atoms with E-state index < -0.39 is 0 Å². The van der Waals surface area contributed by atoms with E-state index in [9.17, 15) is 0 Å². The first-order valence-electron chi connectivity index (χ1n) is 7.10. The molecule has 0 bridgehead atoms. The van der Waals surface area contributed by atoms with Crippen LogP contribution in [0.1, 0.15) is 11.5 Å². The molecule has 5 heteroatoms. The number of ether oxygens (including phenoxy) is 2. The van der Waals surface area contributed by atoms with E-state index >= 15 is 0 Å². The predicted octanol–water partition coefficient (Wildman–Crippen LogP) is 3.92. The largest absolute Gasteiger partial charge is 0.493 e. The summed E-state index contributed by atoms with van der Waals surface area (Å²) < 4.78 is 16.3. The smallest absolute Gasteiger partial charge is 0.248 e. The molecule has 0 aliphatic rings. The number of aromatic nitrogens is 2. The molecule has 3 aromatic rings. The van der Waals surface area contributed by atoms with E-state index in [-0.39, 0.29) is 0 Å². The third-order valence-electron chi connectivity index (χ3n) is 3.30. The summed E-state index contributed by atoms with van der Waals surface area (Å²) in [5, 5.41) is 8.08. The van der Waals surface area contributed by atoms with Gasteiger partial charge in [-0.2, -0.15) is 0 Å². The van der Waals surface area contributed by atoms with Gasteiger partial charge in [-0.05, 0) is 24.3 Å². The Bertz CT molecular complexity index is 810. The summed E-state index contributed by atoms with van der Waals surface area (Å²) in [4.78, 5) is 0. The molecule has 0 N–H and O–H groups in total. The normalized spacial score (nSPS) is 10.9. The molecular weight excluding hydrogens is 292 g/mol. The van der Waals surface area contributed by atoms with Crippen LogP contribution in [0.2, 0.25) is 0 Å². The van der Waals surface area contributed by atoms with Crippen molar-refractivity contribution in [2.45, 2.75) is 0 Å². The Balaban J connectivity index is 1.86. The lowest BCUT2D eigenvalue weighted by Crippen LogP contribution is -1.92. The molecule has 0 fully saturated rings. The summed E-state index contributed by atoms with van der Waals surface area (Å²) in [6, 6.07) is 15.3. The van der Waals surface area contributed by atoms with E-state index in [4.69, 9.17) is 13.9 Å². The molecule has 3 rings (SSSR count). The van der Waals surface area contributed by atoms with Crippen LogP contribution in [-0.2, 0) is 0 Å². The van der Waals surface area contributed by atoms with E-state index in [2.05, 4.69) is 10.2 Å². The van der Waals surface area contributed by atoms with Gasteiger partial charge in [-0.3, -0.25) is 0 Å². The van der Waals surface area contributed by atoms with E-state index in [0.717, 1.165) is 11.1 Å². The molecule has 1 aromatic heterocycles. The molecule has 1 heterocycles. The van der Waals surface area contributed by atoms with Crippen molar-refractivity contribution in [3.05, 3.63) is 60.0 Å². The molecule has 0 amide bonds. The van der Waals surface area contributed by atoms with Gasteiger partial charge in [-0.1, -0.05) is 30.3 Å². The van der Waals surface area contributed by atoms with Crippen LogP contribution in [-0.4, -0.2) is 24.4 Å². The predicted molar refractivity (Wildman–Crippen MR) is 88.2 cm³/mol. The topological polar surface area (TPSA) is 57.4 Å². The van der Waals surface area contributed by atoms with Gasteiger partial charge < -0.3 is 13.9 Å². The van der Waals surface area contributed by atoms with Gasteiger partial charge in [0.25, 0.3) is 0 Å². The molecule has 0 unspecified atom stereocenters. The maximum Gasteiger partial charge on any atom is 0.248 e. The Morgan fingerprint density at radius 3 is 2.43 bits per heavy atom. The van der Waals surface area contributed by atoms with E-state index in [1.54, 1.807) is 20.3 Å². The lowest BCUT2D eigenvalue weighted by Gasteiger charge is -2.09. The Labute approximate surface area is 134 Å². The van der Waals surface area contributed by atoms with Gasteiger partial charge in [-0.15, -0.1) is 10.2 Å². The number of methoxy groups -OCH3 is 2. The zero-order valence-corrected chi connectivity index (χ0v) is 12.9. The maximum atomic E-state index is 5.64. The molecule has 0 spiro atoms. The number of nitrogens with zero attached hydrogens (tertiary/aromatic N) is 2. The van der Waals surface area contributed by atoms with Crippen molar-refractivity contribution < 1.29 is 13.9 Å². The molecule has 23 heavy (non-hydrogen) atoms. The van der Waals surface area contributed by atoms with E-state index in [0.29, 0.717) is 23.3 Å². The molecule has 2 aromatic carbocycles. The van der Waals surface area contributed by atoms with Crippen molar-refractivity contribution in [3.8, 4) is 23.0 Å². The molecule has 0 aliphatic carbocycles. The van der Waals surface area contributed by atoms with Gasteiger partial charge in [0.15, 0.2) is 11.5 Å². The van der Waals surface area contributed by atoms with E-state index in [1.807, 2.05) is 54.6 Å². The van der Waals surface area contributed by atoms with Crippen LogP contribution in [0.4, 0.5) is 0 Å². The standard InChI is InChI=1S/C18H16N2O3/c1-21-15-10-6-9-13(17(15)22-2)11-12-16-19-20-18(23-16)14-7-4-3-5-8-14/h3-12H,1-2H3/b12-11+. The molecule has 0 aliphatic heterocycles. The molecule has 0 saturated heterocycles. The average Bonchev–Trinajstić information content (AvgIpc) is 3.09. The van der Waals surface area contributed by atoms with Crippen LogP contribution >= 0.6 is 0 Å². The minimum atomic E-state index is 0.425. The maximum absolute atomic E-state index is 5.64. The molecule has 0 atom stereocenters. The van der Waals surface area contributed by atoms with Crippen molar-refractivity contribution in [2.75, 3.05) is 14.2 Å². The second-order valence-corrected chi connectivity index (χ2v) is 4.73. The number of hydrogen-bond donors (Lipinski definition) is 0. The van der Waals surface area contributed by atoms with Crippen LogP contribution in [0, 0.1) is 0 Å². The summed E-state index contributed by atoms with van der Waals surface area (Å²) in [5.74, 6) is 2.25. The Hall–Kier alpha value is -3.08. The fourth-order valence-corrected chi connectivity index (χ4v) is 2.20. The lowest BCUT2D eigenvalue weighted by molar-refractivity contribution is 0.354. The fraction of sp³-hybridized carbons (Fsp3) is 0.111. The highest BCUT2D eigenvalue weighted by atomic mass is 16.5. The van der Waals surface area contributed by atoms with Gasteiger partial charge in [0.2, 0.25) is 11.8 Å². The second kappa shape index (κ2) is 6.79. The first kappa shape index (κ1) is 14.8. The number of rotatable bonds is 5. The molecule has 0 saturated carbocycles. The first-order chi connectivity index (χ1) is 11.3. The number of para-hydroxylation sites is 1. The van der Waals surface area contributed by atoms with Crippen molar-refractivity contribution in [3.63, 3.8) is 0 Å². The highest BCUT2D eigenvalue weighted by Crippen LogP contribution is 2.31. The van der Waals surface area contributed by atoms with Gasteiger partial charge in [0.05, 0.1) is 14.2 Å². The molecule has 0 radical (unpaired) electrons. The van der Waals surface area contributed by atoms with Crippen molar-refractivity contribution >= 4 is 12.2 Å². The van der Waals surface area contributed by atoms with Gasteiger partial charge in [0, 0.05) is 17.2 Å². The average molecular weight is 308 g/mol. The quantitative estimate of drug-likeness (QED) is 0.715. The van der Waals surface area contributed by atoms with Gasteiger partial charge >= 0.3 is 0 Å². The van der Waals surface area contributed by atoms with Crippen LogP contribution < -0.4 is 9.47 Å². The summed E-state index contributed by atoms with van der Waals surface area (Å²) in [7, 11) is 3.21. The Kier molecular flexibility index (Phi) is 4.38. The first-order valence-corrected chi connectivity index (χ1v) is 7.10. The van der Waals surface area contributed by atoms with E-state index in [1.165, 1.54) is 0 Å². The summed E-state index contributed by atoms with van der Waals surface area (Å²) >= 11 is 0. The zero-order chi connectivity index (χ0) is 16.1. The van der Waals surface area contributed by atoms with Crippen molar-refractivity contribution in [1.29, 1.82) is 0 Å². The lowest BCUT2D eigenvalue weighted by atomic mass is 10.1. The SMILES string of the molecule is COc1cccc(/C=C/c2nnc(-c3ccccc3)o2)c1OC. The fourth-order valence-electron chi connectivity index (χ4n) is 2.20. The molecule has 5 nitrogen and oxygen atoms in total. The Morgan fingerprint density at radius 2 is 1.70 bits per heavy atom. The third-order valence-corrected chi connectivity index (χ3v) is 3.30. The summed E-state index contributed by atoms with van der Waals surface area (Å²) in [5.41, 5.74) is 1.75. The zero-order valence-electron chi connectivity index (χ0n) is 12.9. The molecular formula is C18H16N2O3. The minimum Gasteiger partial charge on any atom is -0.493 e. The summed E-state index contributed by atoms with van der Waals surface area (Å²) in [6.07, 6.45) is 3.60. The number of benzene rings is 2. The monoisotopic (exact) mass is 308 g/mol. The van der Waals surface area contributed by atoms with Crippen LogP contribution in [0.15, 0.2) is 52.9 Å². The van der Waals surface area contributed by atoms with Crippen molar-refractivity contribution in [1.82, 2.24) is 10.2 Å². The highest BCUT2D eigenvalue weighted by molar-refractivity contribution is 5.72. The van der Waals surface area contributed by atoms with Crippen LogP contribution in [0.25, 0.3) is 23.6 Å².